The van der Waals surface area contributed by atoms with Crippen LogP contribution in [-0.2, 0) is 32.3 Å². The van der Waals surface area contributed by atoms with Crippen LogP contribution in [0.4, 0.5) is 18.9 Å². The summed E-state index contributed by atoms with van der Waals surface area (Å²) >= 11 is 12.3. The summed E-state index contributed by atoms with van der Waals surface area (Å²) in [5.74, 6) is -1.35. The average Bonchev–Trinajstić information content (AvgIpc) is 2.92. The number of amides is 2. The second-order valence-corrected chi connectivity index (χ2v) is 11.9. The smallest absolute Gasteiger partial charge is 0.357 e. The van der Waals surface area contributed by atoms with Crippen molar-refractivity contribution in [2.45, 2.75) is 43.9 Å². The van der Waals surface area contributed by atoms with Crippen LogP contribution in [0.2, 0.25) is 10.0 Å². The van der Waals surface area contributed by atoms with Crippen molar-refractivity contribution >= 4 is 50.7 Å². The van der Waals surface area contributed by atoms with Gasteiger partial charge in [-0.1, -0.05) is 60.0 Å². The van der Waals surface area contributed by atoms with Crippen LogP contribution in [0.3, 0.4) is 0 Å². The average molecular weight is 631 g/mol. The zero-order valence-electron chi connectivity index (χ0n) is 22.4. The van der Waals surface area contributed by atoms with Crippen molar-refractivity contribution in [3.8, 4) is 0 Å². The van der Waals surface area contributed by atoms with Crippen LogP contribution in [0.25, 0.3) is 0 Å². The SMILES string of the molecule is CC[C@@H](C(=O)NC)N(Cc1ccc(Cl)cc1Cl)C(=O)CN(c1cccc(C(F)(F)F)c1)S(=O)(=O)c1ccc(C)cc1. The second-order valence-electron chi connectivity index (χ2n) is 9.17. The van der Waals surface area contributed by atoms with Gasteiger partial charge in [0.25, 0.3) is 10.0 Å². The van der Waals surface area contributed by atoms with Crippen LogP contribution < -0.4 is 9.62 Å². The minimum atomic E-state index is -4.76. The molecular weight excluding hydrogens is 602 g/mol. The number of sulfonamides is 1. The van der Waals surface area contributed by atoms with Crippen molar-refractivity contribution in [3.63, 3.8) is 0 Å². The lowest BCUT2D eigenvalue weighted by Crippen LogP contribution is -2.51. The van der Waals surface area contributed by atoms with E-state index < -0.39 is 46.2 Å². The molecule has 0 radical (unpaired) electrons. The highest BCUT2D eigenvalue weighted by atomic mass is 35.5. The van der Waals surface area contributed by atoms with E-state index in [2.05, 4.69) is 5.32 Å². The predicted octanol–water partition coefficient (Wildman–Crippen LogP) is 6.07. The number of benzene rings is 3. The molecule has 0 aliphatic rings. The number of carbonyl (C=O) groups is 2. The van der Waals surface area contributed by atoms with E-state index in [0.717, 1.165) is 22.6 Å². The fourth-order valence-electron chi connectivity index (χ4n) is 4.12. The lowest BCUT2D eigenvalue weighted by Gasteiger charge is -2.33. The summed E-state index contributed by atoms with van der Waals surface area (Å²) in [6, 6.07) is 12.9. The highest BCUT2D eigenvalue weighted by Gasteiger charge is 2.36. The normalized spacial score (nSPS) is 12.5. The van der Waals surface area contributed by atoms with Gasteiger partial charge in [-0.3, -0.25) is 13.9 Å². The molecule has 220 valence electrons. The van der Waals surface area contributed by atoms with E-state index in [1.165, 1.54) is 43.4 Å². The highest BCUT2D eigenvalue weighted by Crippen LogP contribution is 2.33. The van der Waals surface area contributed by atoms with Gasteiger partial charge in [0.05, 0.1) is 16.1 Å². The number of likely N-dealkylation sites (N-methyl/N-ethyl adjacent to an activating group) is 1. The van der Waals surface area contributed by atoms with E-state index in [9.17, 15) is 31.2 Å². The molecular formula is C28H28Cl2F3N3O4S. The lowest BCUT2D eigenvalue weighted by molar-refractivity contribution is -0.140. The van der Waals surface area contributed by atoms with Gasteiger partial charge in [-0.25, -0.2) is 8.42 Å². The zero-order chi connectivity index (χ0) is 30.5. The third-order valence-corrected chi connectivity index (χ3v) is 8.71. The van der Waals surface area contributed by atoms with Crippen molar-refractivity contribution in [2.24, 2.45) is 0 Å². The topological polar surface area (TPSA) is 86.8 Å². The Hall–Kier alpha value is -3.28. The van der Waals surface area contributed by atoms with E-state index in [0.29, 0.717) is 21.0 Å². The lowest BCUT2D eigenvalue weighted by atomic mass is 10.1. The first-order valence-corrected chi connectivity index (χ1v) is 14.6. The highest BCUT2D eigenvalue weighted by molar-refractivity contribution is 7.92. The molecule has 13 heteroatoms. The van der Waals surface area contributed by atoms with Crippen molar-refractivity contribution in [3.05, 3.63) is 93.5 Å². The van der Waals surface area contributed by atoms with Gasteiger partial charge in [-0.05, 0) is 61.4 Å². The third kappa shape index (κ3) is 7.72. The molecule has 3 aromatic rings. The number of nitrogens with one attached hydrogen (secondary N) is 1. The Bertz CT molecular complexity index is 1520. The molecule has 0 aliphatic carbocycles. The number of halogens is 5. The summed E-state index contributed by atoms with van der Waals surface area (Å²) in [7, 11) is -3.14. The molecule has 3 aromatic carbocycles. The molecule has 41 heavy (non-hydrogen) atoms. The summed E-state index contributed by atoms with van der Waals surface area (Å²) in [6.45, 7) is 2.32. The Kier molecular flexibility index (Phi) is 10.3. The zero-order valence-corrected chi connectivity index (χ0v) is 24.7. The van der Waals surface area contributed by atoms with Gasteiger partial charge in [0, 0.05) is 23.6 Å². The Morgan fingerprint density at radius 3 is 2.22 bits per heavy atom. The van der Waals surface area contributed by atoms with E-state index >= 15 is 0 Å². The van der Waals surface area contributed by atoms with E-state index in [1.807, 2.05) is 0 Å². The number of aryl methyl sites for hydroxylation is 1. The molecule has 0 saturated carbocycles. The molecule has 0 aliphatic heterocycles. The molecule has 0 bridgehead atoms. The molecule has 0 heterocycles. The predicted molar refractivity (Wildman–Crippen MR) is 152 cm³/mol. The first-order valence-electron chi connectivity index (χ1n) is 12.4. The summed E-state index contributed by atoms with van der Waals surface area (Å²) in [4.78, 5) is 27.6. The summed E-state index contributed by atoms with van der Waals surface area (Å²) in [5.41, 5.74) is -0.272. The summed E-state index contributed by atoms with van der Waals surface area (Å²) in [5, 5.41) is 3.04. The monoisotopic (exact) mass is 629 g/mol. The summed E-state index contributed by atoms with van der Waals surface area (Å²) < 4.78 is 68.9. The van der Waals surface area contributed by atoms with Crippen LogP contribution in [0.15, 0.2) is 71.6 Å². The van der Waals surface area contributed by atoms with Crippen LogP contribution in [0, 0.1) is 6.92 Å². The quantitative estimate of drug-likeness (QED) is 0.295. The first-order chi connectivity index (χ1) is 19.2. The van der Waals surface area contributed by atoms with E-state index in [-0.39, 0.29) is 28.6 Å². The van der Waals surface area contributed by atoms with Crippen LogP contribution in [0.1, 0.15) is 30.0 Å². The molecule has 0 spiro atoms. The van der Waals surface area contributed by atoms with Crippen molar-refractivity contribution < 1.29 is 31.2 Å². The largest absolute Gasteiger partial charge is 0.416 e. The number of anilines is 1. The van der Waals surface area contributed by atoms with Crippen molar-refractivity contribution in [2.75, 3.05) is 17.9 Å². The van der Waals surface area contributed by atoms with Gasteiger partial charge >= 0.3 is 6.18 Å². The van der Waals surface area contributed by atoms with Gasteiger partial charge in [0.2, 0.25) is 11.8 Å². The molecule has 2 amide bonds. The standard InChI is InChI=1S/C28H28Cl2F3N3O4S/c1-4-25(27(38)34-3)35(16-19-10-11-21(29)15-24(19)30)26(37)17-36(22-7-5-6-20(14-22)28(31,32)33)41(39,40)23-12-8-18(2)9-13-23/h5-15,25H,4,16-17H2,1-3H3,(H,34,38)/t25-/m0/s1. The Balaban J connectivity index is 2.14. The Labute approximate surface area is 246 Å². The first kappa shape index (κ1) is 32.2. The number of hydrogen-bond acceptors (Lipinski definition) is 4. The Morgan fingerprint density at radius 1 is 1.00 bits per heavy atom. The fraction of sp³-hybridized carbons (Fsp3) is 0.286. The van der Waals surface area contributed by atoms with Crippen molar-refractivity contribution in [1.82, 2.24) is 10.2 Å². The molecule has 0 saturated heterocycles. The van der Waals surface area contributed by atoms with Gasteiger partial charge in [0.1, 0.15) is 12.6 Å². The maximum atomic E-state index is 13.9. The summed E-state index contributed by atoms with van der Waals surface area (Å²) in [6.07, 6.45) is -4.60. The number of carbonyl (C=O) groups excluding carboxylic acids is 2. The molecule has 1 N–H and O–H groups in total. The van der Waals surface area contributed by atoms with Crippen molar-refractivity contribution in [1.29, 1.82) is 0 Å². The maximum Gasteiger partial charge on any atom is 0.416 e. The van der Waals surface area contributed by atoms with Crippen LogP contribution in [0.5, 0.6) is 0 Å². The second kappa shape index (κ2) is 13.1. The molecule has 7 nitrogen and oxygen atoms in total. The van der Waals surface area contributed by atoms with Crippen LogP contribution >= 0.6 is 23.2 Å². The minimum absolute atomic E-state index is 0.158. The van der Waals surface area contributed by atoms with E-state index in [4.69, 9.17) is 23.2 Å². The fourth-order valence-corrected chi connectivity index (χ4v) is 6.00. The van der Waals surface area contributed by atoms with E-state index in [1.54, 1.807) is 26.0 Å². The van der Waals surface area contributed by atoms with Gasteiger partial charge in [0.15, 0.2) is 0 Å². The number of alkyl halides is 3. The van der Waals surface area contributed by atoms with Gasteiger partial charge in [-0.15, -0.1) is 0 Å². The molecule has 3 rings (SSSR count). The molecule has 1 atom stereocenters. The molecule has 0 unspecified atom stereocenters. The number of rotatable bonds is 10. The molecule has 0 fully saturated rings. The molecule has 0 aromatic heterocycles. The number of hydrogen-bond donors (Lipinski definition) is 1. The van der Waals surface area contributed by atoms with Gasteiger partial charge in [-0.2, -0.15) is 13.2 Å². The van der Waals surface area contributed by atoms with Gasteiger partial charge < -0.3 is 10.2 Å². The minimum Gasteiger partial charge on any atom is -0.357 e. The third-order valence-electron chi connectivity index (χ3n) is 6.34. The number of nitrogens with zero attached hydrogens (tertiary/aromatic N) is 2. The Morgan fingerprint density at radius 2 is 1.66 bits per heavy atom. The maximum absolute atomic E-state index is 13.9. The van der Waals surface area contributed by atoms with Crippen LogP contribution in [-0.4, -0.2) is 44.8 Å².